The van der Waals surface area contributed by atoms with E-state index in [1.807, 2.05) is 11.3 Å². The van der Waals surface area contributed by atoms with Gasteiger partial charge in [-0.2, -0.15) is 0 Å². The van der Waals surface area contributed by atoms with Crippen LogP contribution in [0, 0.1) is 0 Å². The average molecular weight is 300 g/mol. The topological polar surface area (TPSA) is 15.3 Å². The smallest absolute Gasteiger partial charge is 0.0346 e. The van der Waals surface area contributed by atoms with E-state index in [0.29, 0.717) is 5.54 Å². The van der Waals surface area contributed by atoms with E-state index in [9.17, 15) is 0 Å². The Morgan fingerprint density at radius 1 is 1.14 bits per heavy atom. The van der Waals surface area contributed by atoms with Crippen LogP contribution in [-0.2, 0) is 6.54 Å². The molecule has 2 fully saturated rings. The van der Waals surface area contributed by atoms with Gasteiger partial charge in [-0.15, -0.1) is 11.3 Å². The second-order valence-corrected chi connectivity index (χ2v) is 7.65. The van der Waals surface area contributed by atoms with Crippen molar-refractivity contribution in [1.82, 2.24) is 10.2 Å². The Morgan fingerprint density at radius 3 is 2.90 bits per heavy atom. The van der Waals surface area contributed by atoms with Gasteiger partial charge < -0.3 is 5.32 Å². The van der Waals surface area contributed by atoms with E-state index in [4.69, 9.17) is 0 Å². The highest BCUT2D eigenvalue weighted by Gasteiger charge is 2.36. The van der Waals surface area contributed by atoms with E-state index in [1.165, 1.54) is 67.4 Å². The summed E-state index contributed by atoms with van der Waals surface area (Å²) in [5, 5.41) is 7.69. The molecule has 1 aliphatic heterocycles. The van der Waals surface area contributed by atoms with Gasteiger partial charge in [-0.3, -0.25) is 4.90 Å². The van der Waals surface area contributed by atoms with Gasteiger partial charge in [-0.1, -0.05) is 31.0 Å². The maximum atomic E-state index is 3.86. The van der Waals surface area contributed by atoms with Crippen LogP contribution in [0.2, 0.25) is 0 Å². The Balaban J connectivity index is 1.55. The molecule has 2 aliphatic rings. The SMILES string of the molecule is c1ccc2c(CN3CCCNC4(CCCC4)C3)csc2c1. The van der Waals surface area contributed by atoms with Gasteiger partial charge in [0, 0.05) is 23.3 Å². The van der Waals surface area contributed by atoms with E-state index >= 15 is 0 Å². The summed E-state index contributed by atoms with van der Waals surface area (Å²) in [6, 6.07) is 8.83. The van der Waals surface area contributed by atoms with Crippen molar-refractivity contribution in [2.75, 3.05) is 19.6 Å². The number of hydrogen-bond acceptors (Lipinski definition) is 3. The van der Waals surface area contributed by atoms with Gasteiger partial charge in [0.1, 0.15) is 0 Å². The average Bonchev–Trinajstić information content (AvgIpc) is 3.06. The van der Waals surface area contributed by atoms with E-state index in [0.717, 1.165) is 6.54 Å². The highest BCUT2D eigenvalue weighted by molar-refractivity contribution is 7.17. The number of nitrogens with zero attached hydrogens (tertiary/aromatic N) is 1. The lowest BCUT2D eigenvalue weighted by molar-refractivity contribution is 0.204. The van der Waals surface area contributed by atoms with Gasteiger partial charge in [0.15, 0.2) is 0 Å². The minimum absolute atomic E-state index is 0.419. The summed E-state index contributed by atoms with van der Waals surface area (Å²) >= 11 is 1.89. The monoisotopic (exact) mass is 300 g/mol. The zero-order valence-electron chi connectivity index (χ0n) is 12.6. The molecule has 1 spiro atoms. The van der Waals surface area contributed by atoms with Crippen molar-refractivity contribution in [1.29, 1.82) is 0 Å². The molecule has 2 aromatic rings. The second kappa shape index (κ2) is 5.71. The molecule has 3 heteroatoms. The molecule has 21 heavy (non-hydrogen) atoms. The molecular formula is C18H24N2S. The predicted octanol–water partition coefficient (Wildman–Crippen LogP) is 4.01. The first-order valence-electron chi connectivity index (χ1n) is 8.27. The molecular weight excluding hydrogens is 276 g/mol. The molecule has 4 rings (SSSR count). The Morgan fingerprint density at radius 2 is 2.00 bits per heavy atom. The molecule has 0 radical (unpaired) electrons. The van der Waals surface area contributed by atoms with Crippen LogP contribution < -0.4 is 5.32 Å². The molecule has 1 aromatic heterocycles. The summed E-state index contributed by atoms with van der Waals surface area (Å²) in [6.45, 7) is 4.78. The zero-order valence-corrected chi connectivity index (χ0v) is 13.4. The van der Waals surface area contributed by atoms with Crippen LogP contribution in [0.15, 0.2) is 29.6 Å². The number of fused-ring (bicyclic) bond motifs is 1. The number of benzene rings is 1. The Kier molecular flexibility index (Phi) is 3.74. The third kappa shape index (κ3) is 2.75. The number of thiophene rings is 1. The molecule has 1 aliphatic carbocycles. The maximum Gasteiger partial charge on any atom is 0.0346 e. The van der Waals surface area contributed by atoms with Crippen molar-refractivity contribution >= 4 is 21.4 Å². The molecule has 2 heterocycles. The molecule has 1 saturated heterocycles. The zero-order chi connectivity index (χ0) is 14.1. The van der Waals surface area contributed by atoms with Crippen LogP contribution in [0.1, 0.15) is 37.7 Å². The van der Waals surface area contributed by atoms with Crippen LogP contribution in [-0.4, -0.2) is 30.1 Å². The lowest BCUT2D eigenvalue weighted by Crippen LogP contribution is -2.49. The van der Waals surface area contributed by atoms with Crippen LogP contribution in [0.5, 0.6) is 0 Å². The van der Waals surface area contributed by atoms with E-state index in [2.05, 4.69) is 39.9 Å². The largest absolute Gasteiger partial charge is 0.310 e. The molecule has 2 nitrogen and oxygen atoms in total. The molecule has 1 saturated carbocycles. The van der Waals surface area contributed by atoms with Crippen molar-refractivity contribution in [3.05, 3.63) is 35.2 Å². The number of hydrogen-bond donors (Lipinski definition) is 1. The van der Waals surface area contributed by atoms with E-state index < -0.39 is 0 Å². The van der Waals surface area contributed by atoms with Crippen LogP contribution >= 0.6 is 11.3 Å². The first-order valence-corrected chi connectivity index (χ1v) is 9.15. The van der Waals surface area contributed by atoms with Crippen molar-refractivity contribution in [2.24, 2.45) is 0 Å². The van der Waals surface area contributed by atoms with Gasteiger partial charge in [-0.25, -0.2) is 0 Å². The van der Waals surface area contributed by atoms with Gasteiger partial charge in [0.2, 0.25) is 0 Å². The molecule has 112 valence electrons. The minimum atomic E-state index is 0.419. The predicted molar refractivity (Wildman–Crippen MR) is 90.9 cm³/mol. The molecule has 0 amide bonds. The van der Waals surface area contributed by atoms with Gasteiger partial charge in [0.05, 0.1) is 0 Å². The second-order valence-electron chi connectivity index (χ2n) is 6.74. The van der Waals surface area contributed by atoms with Crippen LogP contribution in [0.4, 0.5) is 0 Å². The third-order valence-corrected chi connectivity index (χ3v) is 6.21. The lowest BCUT2D eigenvalue weighted by atomic mass is 9.97. The molecule has 1 aromatic carbocycles. The van der Waals surface area contributed by atoms with Gasteiger partial charge in [0.25, 0.3) is 0 Å². The summed E-state index contributed by atoms with van der Waals surface area (Å²) < 4.78 is 1.43. The highest BCUT2D eigenvalue weighted by atomic mass is 32.1. The first-order chi connectivity index (χ1) is 10.3. The van der Waals surface area contributed by atoms with Crippen LogP contribution in [0.3, 0.4) is 0 Å². The summed E-state index contributed by atoms with van der Waals surface area (Å²) in [5.74, 6) is 0. The van der Waals surface area contributed by atoms with Crippen molar-refractivity contribution in [3.63, 3.8) is 0 Å². The lowest BCUT2D eigenvalue weighted by Gasteiger charge is -2.33. The van der Waals surface area contributed by atoms with Crippen molar-refractivity contribution in [2.45, 2.75) is 44.2 Å². The summed E-state index contributed by atoms with van der Waals surface area (Å²) in [6.07, 6.45) is 6.83. The Hall–Kier alpha value is -0.900. The van der Waals surface area contributed by atoms with Crippen LogP contribution in [0.25, 0.3) is 10.1 Å². The van der Waals surface area contributed by atoms with Gasteiger partial charge >= 0.3 is 0 Å². The molecule has 0 bridgehead atoms. The fourth-order valence-corrected chi connectivity index (χ4v) is 5.09. The fourth-order valence-electron chi connectivity index (χ4n) is 4.14. The van der Waals surface area contributed by atoms with Gasteiger partial charge in [-0.05, 0) is 54.7 Å². The number of nitrogens with one attached hydrogen (secondary N) is 1. The quantitative estimate of drug-likeness (QED) is 0.901. The van der Waals surface area contributed by atoms with Crippen molar-refractivity contribution in [3.8, 4) is 0 Å². The maximum absolute atomic E-state index is 3.86. The fraction of sp³-hybridized carbons (Fsp3) is 0.556. The van der Waals surface area contributed by atoms with Crippen molar-refractivity contribution < 1.29 is 0 Å². The standard InChI is InChI=1S/C18H24N2S/c1-2-7-17-16(6-1)15(13-21-17)12-20-11-5-10-19-18(14-20)8-3-4-9-18/h1-2,6-7,13,19H,3-5,8-12,14H2. The molecule has 1 N–H and O–H groups in total. The summed E-state index contributed by atoms with van der Waals surface area (Å²) in [7, 11) is 0. The van der Waals surface area contributed by atoms with E-state index in [1.54, 1.807) is 0 Å². The Bertz CT molecular complexity index is 612. The summed E-state index contributed by atoms with van der Waals surface area (Å²) in [5.41, 5.74) is 1.94. The minimum Gasteiger partial charge on any atom is -0.310 e. The summed E-state index contributed by atoms with van der Waals surface area (Å²) in [4.78, 5) is 2.69. The highest BCUT2D eigenvalue weighted by Crippen LogP contribution is 2.33. The Labute approximate surface area is 131 Å². The van der Waals surface area contributed by atoms with E-state index in [-0.39, 0.29) is 0 Å². The first kappa shape index (κ1) is 13.7. The third-order valence-electron chi connectivity index (χ3n) is 5.19. The normalized spacial score (nSPS) is 22.9. The number of rotatable bonds is 2. The molecule has 0 atom stereocenters. The molecule has 0 unspecified atom stereocenters.